The number of rotatable bonds is 6. The first-order chi connectivity index (χ1) is 10.2. The van der Waals surface area contributed by atoms with Crippen LogP contribution in [0.15, 0.2) is 12.5 Å². The molecule has 2 aromatic heterocycles. The summed E-state index contributed by atoms with van der Waals surface area (Å²) in [5, 5.41) is 16.1. The predicted molar refractivity (Wildman–Crippen MR) is 75.9 cm³/mol. The number of hydrogen-bond acceptors (Lipinski definition) is 5. The first kappa shape index (κ1) is 13.9. The lowest BCUT2D eigenvalue weighted by Crippen LogP contribution is -2.32. The zero-order valence-corrected chi connectivity index (χ0v) is 12.0. The molecule has 2 N–H and O–H groups in total. The highest BCUT2D eigenvalue weighted by atomic mass is 16.3. The van der Waals surface area contributed by atoms with E-state index in [2.05, 4.69) is 20.4 Å². The van der Waals surface area contributed by atoms with Crippen molar-refractivity contribution in [3.63, 3.8) is 0 Å². The Balaban J connectivity index is 1.78. The first-order valence-corrected chi connectivity index (χ1v) is 7.26. The Kier molecular flexibility index (Phi) is 3.59. The summed E-state index contributed by atoms with van der Waals surface area (Å²) in [5.74, 6) is 0.364. The van der Waals surface area contributed by atoms with E-state index in [1.54, 1.807) is 10.7 Å². The molecule has 0 spiro atoms. The molecule has 0 saturated heterocycles. The summed E-state index contributed by atoms with van der Waals surface area (Å²) in [7, 11) is 0. The fourth-order valence-corrected chi connectivity index (χ4v) is 2.65. The minimum Gasteiger partial charge on any atom is -0.396 e. The van der Waals surface area contributed by atoms with E-state index < -0.39 is 0 Å². The Labute approximate surface area is 122 Å². The van der Waals surface area contributed by atoms with Gasteiger partial charge in [0.2, 0.25) is 0 Å². The summed E-state index contributed by atoms with van der Waals surface area (Å²) in [6.07, 6.45) is 6.54. The van der Waals surface area contributed by atoms with Crippen molar-refractivity contribution in [2.75, 3.05) is 13.2 Å². The predicted octanol–water partition coefficient (Wildman–Crippen LogP) is 0.579. The molecule has 0 aromatic carbocycles. The molecule has 1 amide bonds. The Bertz CT molecular complexity index is 662. The largest absolute Gasteiger partial charge is 0.396 e. The number of nitrogens with zero attached hydrogens (tertiary/aromatic N) is 4. The third-order valence-electron chi connectivity index (χ3n) is 4.21. The molecular formula is C14H19N5O2. The normalized spacial score (nSPS) is 16.1. The highest BCUT2D eigenvalue weighted by molar-refractivity contribution is 5.95. The number of aliphatic hydroxyl groups is 1. The van der Waals surface area contributed by atoms with Gasteiger partial charge in [-0.25, -0.2) is 9.50 Å². The Morgan fingerprint density at radius 3 is 2.95 bits per heavy atom. The van der Waals surface area contributed by atoms with Gasteiger partial charge in [-0.2, -0.15) is 10.1 Å². The van der Waals surface area contributed by atoms with Crippen LogP contribution in [0.2, 0.25) is 0 Å². The molecule has 0 aliphatic heterocycles. The molecule has 0 bridgehead atoms. The molecule has 7 nitrogen and oxygen atoms in total. The Morgan fingerprint density at radius 1 is 1.48 bits per heavy atom. The smallest absolute Gasteiger partial charge is 0.254 e. The average molecular weight is 289 g/mol. The van der Waals surface area contributed by atoms with Crippen molar-refractivity contribution in [2.24, 2.45) is 5.41 Å². The van der Waals surface area contributed by atoms with Crippen molar-refractivity contribution in [1.29, 1.82) is 0 Å². The highest BCUT2D eigenvalue weighted by Crippen LogP contribution is 2.47. The monoisotopic (exact) mass is 289 g/mol. The molecular weight excluding hydrogens is 270 g/mol. The standard InChI is InChI=1S/C14H19N5O2/c1-2-11-10(7-15-13-17-9-18-19(11)13)12(21)16-8-14(3-4-14)5-6-20/h7,9,20H,2-6,8H2,1H3,(H,16,21). The van der Waals surface area contributed by atoms with Crippen molar-refractivity contribution in [3.8, 4) is 0 Å². The molecule has 1 aliphatic rings. The van der Waals surface area contributed by atoms with Crippen molar-refractivity contribution in [1.82, 2.24) is 24.9 Å². The van der Waals surface area contributed by atoms with Gasteiger partial charge in [0.25, 0.3) is 11.7 Å². The second-order valence-corrected chi connectivity index (χ2v) is 5.60. The fraction of sp³-hybridized carbons (Fsp3) is 0.571. The van der Waals surface area contributed by atoms with E-state index in [0.29, 0.717) is 24.3 Å². The molecule has 1 saturated carbocycles. The molecule has 112 valence electrons. The quantitative estimate of drug-likeness (QED) is 0.811. The van der Waals surface area contributed by atoms with E-state index >= 15 is 0 Å². The van der Waals surface area contributed by atoms with Crippen molar-refractivity contribution in [2.45, 2.75) is 32.6 Å². The van der Waals surface area contributed by atoms with E-state index in [0.717, 1.165) is 25.0 Å². The van der Waals surface area contributed by atoms with Crippen LogP contribution in [0.4, 0.5) is 0 Å². The van der Waals surface area contributed by atoms with Crippen LogP contribution in [0.1, 0.15) is 42.2 Å². The molecule has 1 fully saturated rings. The topological polar surface area (TPSA) is 92.4 Å². The average Bonchev–Trinajstić information content (AvgIpc) is 3.09. The number of carbonyl (C=O) groups excluding carboxylic acids is 1. The lowest BCUT2D eigenvalue weighted by atomic mass is 10.0. The third-order valence-corrected chi connectivity index (χ3v) is 4.21. The zero-order chi connectivity index (χ0) is 14.9. The SMILES string of the molecule is CCc1c(C(=O)NCC2(CCO)CC2)cnc2ncnn12. The molecule has 0 radical (unpaired) electrons. The Hall–Kier alpha value is -2.02. The summed E-state index contributed by atoms with van der Waals surface area (Å²) in [4.78, 5) is 20.6. The van der Waals surface area contributed by atoms with Gasteiger partial charge in [0.05, 0.1) is 11.3 Å². The van der Waals surface area contributed by atoms with Gasteiger partial charge in [0.1, 0.15) is 6.33 Å². The van der Waals surface area contributed by atoms with Crippen LogP contribution >= 0.6 is 0 Å². The minimum absolute atomic E-state index is 0.0988. The maximum Gasteiger partial charge on any atom is 0.254 e. The highest BCUT2D eigenvalue weighted by Gasteiger charge is 2.42. The lowest BCUT2D eigenvalue weighted by Gasteiger charge is -2.15. The van der Waals surface area contributed by atoms with E-state index in [4.69, 9.17) is 5.11 Å². The van der Waals surface area contributed by atoms with Crippen molar-refractivity contribution in [3.05, 3.63) is 23.8 Å². The summed E-state index contributed by atoms with van der Waals surface area (Å²) in [6, 6.07) is 0. The molecule has 0 unspecified atom stereocenters. The van der Waals surface area contributed by atoms with E-state index in [1.807, 2.05) is 6.92 Å². The van der Waals surface area contributed by atoms with E-state index in [1.165, 1.54) is 6.33 Å². The summed E-state index contributed by atoms with van der Waals surface area (Å²) < 4.78 is 1.61. The lowest BCUT2D eigenvalue weighted by molar-refractivity contribution is 0.0939. The van der Waals surface area contributed by atoms with Crippen LogP contribution in [0, 0.1) is 5.41 Å². The summed E-state index contributed by atoms with van der Waals surface area (Å²) in [6.45, 7) is 2.74. The van der Waals surface area contributed by atoms with Gasteiger partial charge in [-0.05, 0) is 31.1 Å². The maximum atomic E-state index is 12.4. The van der Waals surface area contributed by atoms with Gasteiger partial charge in [-0.3, -0.25) is 4.79 Å². The van der Waals surface area contributed by atoms with Gasteiger partial charge in [-0.1, -0.05) is 6.92 Å². The second-order valence-electron chi connectivity index (χ2n) is 5.60. The van der Waals surface area contributed by atoms with E-state index in [-0.39, 0.29) is 17.9 Å². The number of amides is 1. The third kappa shape index (κ3) is 2.61. The number of aryl methyl sites for hydroxylation is 1. The summed E-state index contributed by atoms with van der Waals surface area (Å²) in [5.41, 5.74) is 1.44. The van der Waals surface area contributed by atoms with Gasteiger partial charge in [-0.15, -0.1) is 0 Å². The number of aliphatic hydroxyl groups excluding tert-OH is 1. The second kappa shape index (κ2) is 5.40. The van der Waals surface area contributed by atoms with Crippen LogP contribution in [0.3, 0.4) is 0 Å². The van der Waals surface area contributed by atoms with Crippen LogP contribution in [-0.2, 0) is 6.42 Å². The van der Waals surface area contributed by atoms with Crippen LogP contribution in [0.5, 0.6) is 0 Å². The number of aromatic nitrogens is 4. The maximum absolute atomic E-state index is 12.4. The van der Waals surface area contributed by atoms with Crippen LogP contribution in [-0.4, -0.2) is 43.7 Å². The number of fused-ring (bicyclic) bond motifs is 1. The van der Waals surface area contributed by atoms with Gasteiger partial charge >= 0.3 is 0 Å². The minimum atomic E-state index is -0.138. The van der Waals surface area contributed by atoms with Crippen LogP contribution < -0.4 is 5.32 Å². The van der Waals surface area contributed by atoms with Gasteiger partial charge in [0, 0.05) is 19.3 Å². The zero-order valence-electron chi connectivity index (χ0n) is 12.0. The van der Waals surface area contributed by atoms with Gasteiger partial charge in [0.15, 0.2) is 0 Å². The number of carbonyl (C=O) groups is 1. The molecule has 7 heteroatoms. The first-order valence-electron chi connectivity index (χ1n) is 7.26. The molecule has 3 rings (SSSR count). The molecule has 2 heterocycles. The molecule has 2 aromatic rings. The van der Waals surface area contributed by atoms with Crippen LogP contribution in [0.25, 0.3) is 5.78 Å². The van der Waals surface area contributed by atoms with Crippen molar-refractivity contribution >= 4 is 11.7 Å². The van der Waals surface area contributed by atoms with Crippen molar-refractivity contribution < 1.29 is 9.90 Å². The number of hydrogen-bond donors (Lipinski definition) is 2. The number of nitrogens with one attached hydrogen (secondary N) is 1. The molecule has 0 atom stereocenters. The van der Waals surface area contributed by atoms with Gasteiger partial charge < -0.3 is 10.4 Å². The fourth-order valence-electron chi connectivity index (χ4n) is 2.65. The summed E-state index contributed by atoms with van der Waals surface area (Å²) >= 11 is 0. The Morgan fingerprint density at radius 2 is 2.29 bits per heavy atom. The van der Waals surface area contributed by atoms with E-state index in [9.17, 15) is 4.79 Å². The molecule has 1 aliphatic carbocycles. The molecule has 21 heavy (non-hydrogen) atoms.